The standard InChI is InChI=1S/2C3H6O.2C3H5.O.2Ti/c2*1-2-3-4;2*1-3-2;;;/h2*2,4H,1,3H2;2*3H,1-2H2;;;/q;;2*-1;;;+2. The van der Waals surface area contributed by atoms with Gasteiger partial charge in [-0.05, 0) is 0 Å². The summed E-state index contributed by atoms with van der Waals surface area (Å²) in [6.07, 6.45) is 5.86. The van der Waals surface area contributed by atoms with Crippen LogP contribution in [-0.2, 0) is 45.4 Å². The maximum Gasteiger partial charge on any atom is 0 e. The summed E-state index contributed by atoms with van der Waals surface area (Å²) in [6.45, 7) is 19.6. The molecule has 0 heterocycles. The van der Waals surface area contributed by atoms with Crippen molar-refractivity contribution in [2.24, 2.45) is 0 Å². The SMILES string of the molecule is C=CCO.C=CCO.C=C[CH2-].C=C[CH2-].[O]=[Ti+2].[Ti]. The number of rotatable bonds is 2. The predicted octanol–water partition coefficient (Wildman–Crippen LogP) is 2.22. The first kappa shape index (κ1) is 36.0. The van der Waals surface area contributed by atoms with Gasteiger partial charge >= 0.3 is 23.7 Å². The molecule has 5 heteroatoms. The Bertz CT molecular complexity index is 115. The van der Waals surface area contributed by atoms with Gasteiger partial charge in [-0.25, -0.2) is 39.2 Å². The molecule has 3 nitrogen and oxygen atoms in total. The molecule has 0 unspecified atom stereocenters. The average Bonchev–Trinajstić information content (AvgIpc) is 2.33. The van der Waals surface area contributed by atoms with Gasteiger partial charge in [-0.15, -0.1) is 13.2 Å². The topological polar surface area (TPSA) is 57.5 Å². The van der Waals surface area contributed by atoms with Crippen LogP contribution < -0.4 is 0 Å². The van der Waals surface area contributed by atoms with E-state index in [9.17, 15) is 0 Å². The van der Waals surface area contributed by atoms with Crippen molar-refractivity contribution in [1.82, 2.24) is 0 Å². The van der Waals surface area contributed by atoms with E-state index >= 15 is 0 Å². The molecule has 0 aliphatic heterocycles. The molecule has 0 saturated carbocycles. The normalized spacial score (nSPS) is 4.71. The summed E-state index contributed by atoms with van der Waals surface area (Å²) >= 11 is 0.750. The van der Waals surface area contributed by atoms with Crippen LogP contribution >= 0.6 is 0 Å². The number of aliphatic hydroxyl groups is 2. The van der Waals surface area contributed by atoms with Crippen LogP contribution in [0.25, 0.3) is 0 Å². The first-order valence-corrected chi connectivity index (χ1v) is 4.74. The Morgan fingerprint density at radius 3 is 0.941 bits per heavy atom. The van der Waals surface area contributed by atoms with Crippen molar-refractivity contribution < 1.29 is 55.7 Å². The van der Waals surface area contributed by atoms with Gasteiger partial charge in [0.05, 0.1) is 13.2 Å². The summed E-state index contributed by atoms with van der Waals surface area (Å²) in [5.41, 5.74) is 0. The van der Waals surface area contributed by atoms with E-state index in [-0.39, 0.29) is 34.9 Å². The van der Waals surface area contributed by atoms with Crippen LogP contribution in [0.2, 0.25) is 0 Å². The van der Waals surface area contributed by atoms with Crippen molar-refractivity contribution in [1.29, 1.82) is 0 Å². The molecule has 0 aliphatic rings. The molecule has 0 radical (unpaired) electrons. The Kier molecular flexibility index (Phi) is 216. The number of hydrogen-bond acceptors (Lipinski definition) is 3. The van der Waals surface area contributed by atoms with Gasteiger partial charge in [0.15, 0.2) is 0 Å². The van der Waals surface area contributed by atoms with E-state index in [4.69, 9.17) is 13.5 Å². The van der Waals surface area contributed by atoms with E-state index in [1.54, 1.807) is 0 Å². The van der Waals surface area contributed by atoms with E-state index < -0.39 is 0 Å². The third kappa shape index (κ3) is 889. The van der Waals surface area contributed by atoms with E-state index in [0.29, 0.717) is 0 Å². The fraction of sp³-hybridized carbons (Fsp3) is 0.167. The van der Waals surface area contributed by atoms with E-state index in [1.807, 2.05) is 0 Å². The van der Waals surface area contributed by atoms with Gasteiger partial charge < -0.3 is 10.2 Å². The zero-order chi connectivity index (χ0) is 14.2. The summed E-state index contributed by atoms with van der Waals surface area (Å²) in [4.78, 5) is 0. The Hall–Kier alpha value is -0.151. The van der Waals surface area contributed by atoms with Crippen LogP contribution in [0.5, 0.6) is 0 Å². The molecule has 0 aromatic carbocycles. The second-order valence-electron chi connectivity index (χ2n) is 1.52. The first-order chi connectivity index (χ1) is 7.66. The van der Waals surface area contributed by atoms with Gasteiger partial charge in [-0.3, -0.25) is 0 Å². The molecule has 0 saturated heterocycles. The zero-order valence-electron chi connectivity index (χ0n) is 10.3. The minimum Gasteiger partial charge on any atom is 0 e. The van der Waals surface area contributed by atoms with Crippen molar-refractivity contribution in [3.63, 3.8) is 0 Å². The third-order valence-corrected chi connectivity index (χ3v) is 0.258. The second-order valence-corrected chi connectivity index (χ2v) is 1.52. The molecule has 0 rings (SSSR count). The van der Waals surface area contributed by atoms with Gasteiger partial charge in [0, 0.05) is 21.7 Å². The molecule has 0 aromatic heterocycles. The van der Waals surface area contributed by atoms with Crippen LogP contribution in [0, 0.1) is 13.8 Å². The zero-order valence-corrected chi connectivity index (χ0v) is 13.4. The Labute approximate surface area is 133 Å². The monoisotopic (exact) mass is 310 g/mol. The van der Waals surface area contributed by atoms with E-state index in [2.05, 4.69) is 40.2 Å². The molecular weight excluding hydrogens is 288 g/mol. The predicted molar refractivity (Wildman–Crippen MR) is 66.4 cm³/mol. The quantitative estimate of drug-likeness (QED) is 0.467. The van der Waals surface area contributed by atoms with Crippen molar-refractivity contribution in [3.8, 4) is 0 Å². The molecule has 0 fully saturated rings. The molecule has 0 aromatic rings. The molecule has 0 spiro atoms. The van der Waals surface area contributed by atoms with Crippen LogP contribution in [0.1, 0.15) is 0 Å². The molecule has 0 amide bonds. The largest absolute Gasteiger partial charge is 0 e. The third-order valence-electron chi connectivity index (χ3n) is 0.258. The van der Waals surface area contributed by atoms with Gasteiger partial charge in [-0.1, -0.05) is 12.2 Å². The summed E-state index contributed by atoms with van der Waals surface area (Å²) in [5, 5.41) is 15.5. The van der Waals surface area contributed by atoms with Crippen LogP contribution in [-0.4, -0.2) is 23.4 Å². The van der Waals surface area contributed by atoms with Crippen LogP contribution in [0.15, 0.2) is 50.6 Å². The van der Waals surface area contributed by atoms with E-state index in [1.165, 1.54) is 24.3 Å². The van der Waals surface area contributed by atoms with Gasteiger partial charge in [0.25, 0.3) is 0 Å². The maximum absolute atomic E-state index is 8.25. The van der Waals surface area contributed by atoms with E-state index in [0.717, 1.165) is 20.4 Å². The summed E-state index contributed by atoms with van der Waals surface area (Å²) in [7, 11) is 0. The van der Waals surface area contributed by atoms with Gasteiger partial charge in [0.2, 0.25) is 0 Å². The smallest absolute Gasteiger partial charge is 0 e. The number of hydrogen-bond donors (Lipinski definition) is 2. The maximum atomic E-state index is 8.25. The molecule has 2 N–H and O–H groups in total. The number of allylic oxidation sites excluding steroid dienone is 2. The molecule has 0 bridgehead atoms. The number of aliphatic hydroxyl groups excluding tert-OH is 2. The Morgan fingerprint density at radius 1 is 0.882 bits per heavy atom. The fourth-order valence-electron chi connectivity index (χ4n) is 0. The van der Waals surface area contributed by atoms with Crippen LogP contribution in [0.3, 0.4) is 0 Å². The minimum atomic E-state index is 0. The minimum absolute atomic E-state index is 0. The molecular formula is C12H22O3Ti2. The fourth-order valence-corrected chi connectivity index (χ4v) is 0. The molecule has 96 valence electrons. The second kappa shape index (κ2) is 102. The average molecular weight is 310 g/mol. The summed E-state index contributed by atoms with van der Waals surface area (Å²) in [6, 6.07) is 0. The Morgan fingerprint density at radius 2 is 0.941 bits per heavy atom. The van der Waals surface area contributed by atoms with Crippen molar-refractivity contribution >= 4 is 0 Å². The molecule has 0 aliphatic carbocycles. The first-order valence-electron chi connectivity index (χ1n) is 4.10. The molecule has 17 heavy (non-hydrogen) atoms. The van der Waals surface area contributed by atoms with Gasteiger partial charge in [0.1, 0.15) is 0 Å². The van der Waals surface area contributed by atoms with Crippen molar-refractivity contribution in [2.45, 2.75) is 0 Å². The summed E-state index contributed by atoms with van der Waals surface area (Å²) in [5.74, 6) is 0. The van der Waals surface area contributed by atoms with Crippen molar-refractivity contribution in [2.75, 3.05) is 13.2 Å². The molecule has 0 atom stereocenters. The Balaban J connectivity index is -0.0000000224. The summed E-state index contributed by atoms with van der Waals surface area (Å²) < 4.78 is 8.25. The van der Waals surface area contributed by atoms with Crippen LogP contribution in [0.4, 0.5) is 0 Å². The van der Waals surface area contributed by atoms with Gasteiger partial charge in [-0.2, -0.15) is 0 Å². The van der Waals surface area contributed by atoms with Crippen molar-refractivity contribution in [3.05, 3.63) is 64.5 Å².